The molecule has 2 heterocycles. The van der Waals surface area contributed by atoms with Crippen LogP contribution in [0.1, 0.15) is 48.1 Å². The van der Waals surface area contributed by atoms with Crippen molar-refractivity contribution in [2.75, 3.05) is 6.54 Å². The van der Waals surface area contributed by atoms with E-state index in [0.29, 0.717) is 24.5 Å². The fourth-order valence-corrected chi connectivity index (χ4v) is 2.76. The van der Waals surface area contributed by atoms with E-state index in [4.69, 9.17) is 0 Å². The Kier molecular flexibility index (Phi) is 3.89. The molecule has 2 aromatic rings. The first-order chi connectivity index (χ1) is 10.8. The van der Waals surface area contributed by atoms with E-state index in [1.54, 1.807) is 10.9 Å². The van der Waals surface area contributed by atoms with Crippen LogP contribution in [0.2, 0.25) is 0 Å². The number of benzene rings is 1. The number of carboxylic acid groups (broad SMARTS) is 1. The van der Waals surface area contributed by atoms with E-state index in [0.717, 1.165) is 24.1 Å². The van der Waals surface area contributed by atoms with E-state index in [1.807, 2.05) is 32.9 Å². The van der Waals surface area contributed by atoms with Crippen molar-refractivity contribution in [3.8, 4) is 0 Å². The molecule has 0 spiro atoms. The molecule has 1 aliphatic heterocycles. The van der Waals surface area contributed by atoms with E-state index in [9.17, 15) is 9.90 Å². The molecule has 0 atom stereocenters. The van der Waals surface area contributed by atoms with Crippen molar-refractivity contribution in [1.82, 2.24) is 25.1 Å². The number of hydrogen-bond donors (Lipinski definition) is 1. The molecule has 7 nitrogen and oxygen atoms in total. The van der Waals surface area contributed by atoms with Gasteiger partial charge in [-0.05, 0) is 49.6 Å². The van der Waals surface area contributed by atoms with Gasteiger partial charge in [0.2, 0.25) is 0 Å². The van der Waals surface area contributed by atoms with E-state index in [1.165, 1.54) is 0 Å². The first-order valence-electron chi connectivity index (χ1n) is 7.70. The summed E-state index contributed by atoms with van der Waals surface area (Å²) in [4.78, 5) is 15.2. The fourth-order valence-electron chi connectivity index (χ4n) is 2.76. The highest BCUT2D eigenvalue weighted by atomic mass is 16.4. The van der Waals surface area contributed by atoms with Gasteiger partial charge in [0.1, 0.15) is 0 Å². The molecular weight excluding hydrogens is 294 g/mol. The maximum atomic E-state index is 11.4. The lowest BCUT2D eigenvalue weighted by Gasteiger charge is -2.28. The molecule has 0 radical (unpaired) electrons. The number of rotatable bonds is 3. The average Bonchev–Trinajstić information content (AvgIpc) is 2.95. The molecule has 7 heteroatoms. The standard InChI is InChI=1S/C16H21N5O2/c1-16(2,3)21-18-14(17-19-21)10-20-8-7-11-5-4-6-12(15(22)23)13(11)9-20/h4-6H,7-10H2,1-3H3,(H,22,23). The minimum atomic E-state index is -0.875. The zero-order valence-corrected chi connectivity index (χ0v) is 13.7. The molecule has 1 aromatic carbocycles. The average molecular weight is 315 g/mol. The second-order valence-corrected chi connectivity index (χ2v) is 6.87. The largest absolute Gasteiger partial charge is 0.478 e. The molecule has 0 unspecified atom stereocenters. The monoisotopic (exact) mass is 315 g/mol. The number of nitrogens with zero attached hydrogens (tertiary/aromatic N) is 5. The maximum Gasteiger partial charge on any atom is 0.336 e. The SMILES string of the molecule is CC(C)(C)n1nnc(CN2CCc3cccc(C(=O)O)c3C2)n1. The molecule has 1 N–H and O–H groups in total. The molecule has 0 fully saturated rings. The van der Waals surface area contributed by atoms with Gasteiger partial charge >= 0.3 is 5.97 Å². The van der Waals surface area contributed by atoms with E-state index in [-0.39, 0.29) is 5.54 Å². The highest BCUT2D eigenvalue weighted by Gasteiger charge is 2.23. The van der Waals surface area contributed by atoms with Crippen LogP contribution in [-0.2, 0) is 25.0 Å². The van der Waals surface area contributed by atoms with Crippen LogP contribution in [0.15, 0.2) is 18.2 Å². The van der Waals surface area contributed by atoms with Crippen LogP contribution in [-0.4, -0.2) is 42.7 Å². The highest BCUT2D eigenvalue weighted by molar-refractivity contribution is 5.89. The molecule has 0 bridgehead atoms. The maximum absolute atomic E-state index is 11.4. The Bertz CT molecular complexity index is 732. The predicted octanol–water partition coefficient (Wildman–Crippen LogP) is 1.68. The molecular formula is C16H21N5O2. The summed E-state index contributed by atoms with van der Waals surface area (Å²) < 4.78 is 0. The fraction of sp³-hybridized carbons (Fsp3) is 0.500. The summed E-state index contributed by atoms with van der Waals surface area (Å²) in [5.74, 6) is -0.211. The molecule has 1 aromatic heterocycles. The third-order valence-electron chi connectivity index (χ3n) is 4.00. The van der Waals surface area contributed by atoms with Crippen LogP contribution >= 0.6 is 0 Å². The zero-order valence-electron chi connectivity index (χ0n) is 13.7. The van der Waals surface area contributed by atoms with Crippen molar-refractivity contribution < 1.29 is 9.90 Å². The van der Waals surface area contributed by atoms with Gasteiger partial charge in [-0.15, -0.1) is 10.2 Å². The second-order valence-electron chi connectivity index (χ2n) is 6.87. The Morgan fingerprint density at radius 3 is 2.78 bits per heavy atom. The summed E-state index contributed by atoms with van der Waals surface area (Å²) in [5.41, 5.74) is 2.20. The van der Waals surface area contributed by atoms with Gasteiger partial charge in [-0.25, -0.2) is 4.79 Å². The molecule has 0 aliphatic carbocycles. The number of hydrogen-bond acceptors (Lipinski definition) is 5. The van der Waals surface area contributed by atoms with Crippen molar-refractivity contribution >= 4 is 5.97 Å². The Morgan fingerprint density at radius 1 is 1.35 bits per heavy atom. The second kappa shape index (κ2) is 5.73. The van der Waals surface area contributed by atoms with Crippen LogP contribution in [0.25, 0.3) is 0 Å². The van der Waals surface area contributed by atoms with Crippen LogP contribution < -0.4 is 0 Å². The smallest absolute Gasteiger partial charge is 0.336 e. The number of aromatic carboxylic acids is 1. The van der Waals surface area contributed by atoms with Crippen molar-refractivity contribution in [3.05, 3.63) is 40.7 Å². The molecule has 0 saturated heterocycles. The minimum absolute atomic E-state index is 0.198. The molecule has 3 rings (SSSR count). The molecule has 0 amide bonds. The van der Waals surface area contributed by atoms with Gasteiger partial charge in [-0.3, -0.25) is 4.90 Å². The Morgan fingerprint density at radius 2 is 2.13 bits per heavy atom. The van der Waals surface area contributed by atoms with Gasteiger partial charge in [0.25, 0.3) is 0 Å². The van der Waals surface area contributed by atoms with Crippen molar-refractivity contribution in [2.24, 2.45) is 0 Å². The quantitative estimate of drug-likeness (QED) is 0.928. The number of carboxylic acids is 1. The molecule has 1 aliphatic rings. The Hall–Kier alpha value is -2.28. The first kappa shape index (κ1) is 15.6. The van der Waals surface area contributed by atoms with E-state index in [2.05, 4.69) is 20.3 Å². The topological polar surface area (TPSA) is 84.1 Å². The summed E-state index contributed by atoms with van der Waals surface area (Å²) in [6.07, 6.45) is 0.837. The van der Waals surface area contributed by atoms with Gasteiger partial charge < -0.3 is 5.11 Å². The number of aromatic nitrogens is 4. The third-order valence-corrected chi connectivity index (χ3v) is 4.00. The lowest BCUT2D eigenvalue weighted by atomic mass is 9.95. The predicted molar refractivity (Wildman–Crippen MR) is 84.0 cm³/mol. The number of fused-ring (bicyclic) bond motifs is 1. The van der Waals surface area contributed by atoms with Gasteiger partial charge in [-0.1, -0.05) is 12.1 Å². The lowest BCUT2D eigenvalue weighted by molar-refractivity contribution is 0.0693. The summed E-state index contributed by atoms with van der Waals surface area (Å²) in [6.45, 7) is 8.10. The van der Waals surface area contributed by atoms with Gasteiger partial charge in [-0.2, -0.15) is 4.80 Å². The summed E-state index contributed by atoms with van der Waals surface area (Å²) >= 11 is 0. The molecule has 122 valence electrons. The van der Waals surface area contributed by atoms with Crippen molar-refractivity contribution in [2.45, 2.75) is 45.8 Å². The van der Waals surface area contributed by atoms with Gasteiger partial charge in [0.05, 0.1) is 17.6 Å². The molecule has 23 heavy (non-hydrogen) atoms. The molecule has 0 saturated carbocycles. The Labute approximate surface area is 134 Å². The van der Waals surface area contributed by atoms with Gasteiger partial charge in [0, 0.05) is 13.1 Å². The van der Waals surface area contributed by atoms with E-state index >= 15 is 0 Å². The summed E-state index contributed by atoms with van der Waals surface area (Å²) in [5, 5.41) is 22.0. The van der Waals surface area contributed by atoms with Crippen LogP contribution in [0.3, 0.4) is 0 Å². The number of carbonyl (C=O) groups is 1. The van der Waals surface area contributed by atoms with Crippen LogP contribution in [0, 0.1) is 0 Å². The highest BCUT2D eigenvalue weighted by Crippen LogP contribution is 2.23. The number of tetrazole rings is 1. The summed E-state index contributed by atoms with van der Waals surface area (Å²) in [7, 11) is 0. The lowest BCUT2D eigenvalue weighted by Crippen LogP contribution is -2.32. The summed E-state index contributed by atoms with van der Waals surface area (Å²) in [6, 6.07) is 5.49. The third kappa shape index (κ3) is 3.24. The minimum Gasteiger partial charge on any atom is -0.478 e. The van der Waals surface area contributed by atoms with Crippen LogP contribution in [0.4, 0.5) is 0 Å². The normalized spacial score (nSPS) is 15.4. The van der Waals surface area contributed by atoms with Gasteiger partial charge in [0.15, 0.2) is 5.82 Å². The Balaban J connectivity index is 1.77. The van der Waals surface area contributed by atoms with Crippen LogP contribution in [0.5, 0.6) is 0 Å². The van der Waals surface area contributed by atoms with Crippen molar-refractivity contribution in [3.63, 3.8) is 0 Å². The first-order valence-corrected chi connectivity index (χ1v) is 7.70. The van der Waals surface area contributed by atoms with Crippen molar-refractivity contribution in [1.29, 1.82) is 0 Å². The van der Waals surface area contributed by atoms with E-state index < -0.39 is 5.97 Å². The zero-order chi connectivity index (χ0) is 16.6.